The van der Waals surface area contributed by atoms with Crippen molar-refractivity contribution in [3.05, 3.63) is 59.4 Å². The topological polar surface area (TPSA) is 41.1 Å². The number of carbonyl (C=O) groups excluding carboxylic acids is 1. The van der Waals surface area contributed by atoms with Gasteiger partial charge >= 0.3 is 0 Å². The maximum absolute atomic E-state index is 13.1. The summed E-state index contributed by atoms with van der Waals surface area (Å²) in [7, 11) is 0. The van der Waals surface area contributed by atoms with Gasteiger partial charge in [-0.1, -0.05) is 24.3 Å². The second kappa shape index (κ2) is 4.39. The third kappa shape index (κ3) is 2.05. The van der Waals surface area contributed by atoms with Gasteiger partial charge in [-0.05, 0) is 30.7 Å². The van der Waals surface area contributed by atoms with Gasteiger partial charge in [-0.3, -0.25) is 4.79 Å². The summed E-state index contributed by atoms with van der Waals surface area (Å²) in [6.07, 6.45) is 0. The molecule has 0 saturated heterocycles. The fourth-order valence-electron chi connectivity index (χ4n) is 2.27. The van der Waals surface area contributed by atoms with Gasteiger partial charge < -0.3 is 10.6 Å². The van der Waals surface area contributed by atoms with E-state index in [0.29, 0.717) is 5.69 Å². The quantitative estimate of drug-likeness (QED) is 0.866. The van der Waals surface area contributed by atoms with Crippen LogP contribution in [0.25, 0.3) is 0 Å². The number of amides is 1. The molecule has 0 saturated carbocycles. The van der Waals surface area contributed by atoms with Crippen LogP contribution in [0.4, 0.5) is 15.8 Å². The molecule has 19 heavy (non-hydrogen) atoms. The second-order valence-corrected chi connectivity index (χ2v) is 4.61. The molecule has 0 spiro atoms. The smallest absolute Gasteiger partial charge is 0.251 e. The molecule has 1 heterocycles. The molecule has 1 amide bonds. The predicted molar refractivity (Wildman–Crippen MR) is 72.6 cm³/mol. The van der Waals surface area contributed by atoms with E-state index in [-0.39, 0.29) is 11.7 Å². The first-order valence-corrected chi connectivity index (χ1v) is 6.07. The summed E-state index contributed by atoms with van der Waals surface area (Å²) in [5.41, 5.74) is 3.27. The molecule has 0 aliphatic carbocycles. The Morgan fingerprint density at radius 2 is 2.00 bits per heavy atom. The molecule has 0 aromatic heterocycles. The van der Waals surface area contributed by atoms with Crippen LogP contribution in [0.1, 0.15) is 17.2 Å². The van der Waals surface area contributed by atoms with Crippen molar-refractivity contribution in [3.63, 3.8) is 0 Å². The van der Waals surface area contributed by atoms with Gasteiger partial charge in [-0.15, -0.1) is 0 Å². The van der Waals surface area contributed by atoms with E-state index in [4.69, 9.17) is 0 Å². The van der Waals surface area contributed by atoms with E-state index >= 15 is 0 Å². The number of carbonyl (C=O) groups is 1. The monoisotopic (exact) mass is 256 g/mol. The maximum atomic E-state index is 13.1. The van der Waals surface area contributed by atoms with Crippen molar-refractivity contribution in [2.45, 2.75) is 13.0 Å². The lowest BCUT2D eigenvalue weighted by molar-refractivity contribution is -0.116. The largest absolute Gasteiger partial charge is 0.370 e. The summed E-state index contributed by atoms with van der Waals surface area (Å²) < 4.78 is 13.1. The number of hydrogen-bond donors (Lipinski definition) is 2. The molecular weight excluding hydrogens is 243 g/mol. The molecule has 0 radical (unpaired) electrons. The molecule has 0 bridgehead atoms. The van der Waals surface area contributed by atoms with E-state index in [9.17, 15) is 9.18 Å². The second-order valence-electron chi connectivity index (χ2n) is 4.61. The Balaban J connectivity index is 1.95. The molecule has 2 aromatic rings. The van der Waals surface area contributed by atoms with Gasteiger partial charge in [0.2, 0.25) is 0 Å². The first-order chi connectivity index (χ1) is 9.15. The van der Waals surface area contributed by atoms with E-state index < -0.39 is 6.04 Å². The molecule has 3 nitrogen and oxygen atoms in total. The van der Waals surface area contributed by atoms with Crippen molar-refractivity contribution in [1.29, 1.82) is 0 Å². The van der Waals surface area contributed by atoms with E-state index in [2.05, 4.69) is 10.6 Å². The van der Waals surface area contributed by atoms with Crippen molar-refractivity contribution < 1.29 is 9.18 Å². The molecule has 0 fully saturated rings. The highest BCUT2D eigenvalue weighted by molar-refractivity contribution is 6.04. The Labute approximate surface area is 110 Å². The molecule has 1 aliphatic rings. The van der Waals surface area contributed by atoms with Gasteiger partial charge in [0.1, 0.15) is 11.9 Å². The van der Waals surface area contributed by atoms with Crippen molar-refractivity contribution in [2.75, 3.05) is 10.6 Å². The summed E-state index contributed by atoms with van der Waals surface area (Å²) in [5, 5.41) is 5.89. The molecule has 1 atom stereocenters. The predicted octanol–water partition coefficient (Wildman–Crippen LogP) is 3.24. The highest BCUT2D eigenvalue weighted by atomic mass is 19.1. The lowest BCUT2D eigenvalue weighted by Crippen LogP contribution is -2.20. The number of benzene rings is 2. The Morgan fingerprint density at radius 1 is 1.21 bits per heavy atom. The molecule has 3 rings (SSSR count). The van der Waals surface area contributed by atoms with Gasteiger partial charge in [0.05, 0.1) is 0 Å². The number of fused-ring (bicyclic) bond motifs is 1. The minimum atomic E-state index is -0.475. The van der Waals surface area contributed by atoms with Crippen molar-refractivity contribution >= 4 is 17.3 Å². The van der Waals surface area contributed by atoms with Gasteiger partial charge in [0, 0.05) is 16.9 Å². The Kier molecular flexibility index (Phi) is 2.71. The first kappa shape index (κ1) is 11.7. The van der Waals surface area contributed by atoms with Crippen LogP contribution in [0.2, 0.25) is 0 Å². The Bertz CT molecular complexity index is 654. The molecule has 4 heteroatoms. The van der Waals surface area contributed by atoms with Gasteiger partial charge in [0.15, 0.2) is 0 Å². The summed E-state index contributed by atoms with van der Waals surface area (Å²) in [6.45, 7) is 1.97. The molecule has 2 N–H and O–H groups in total. The molecular formula is C15H13FN2O. The van der Waals surface area contributed by atoms with Crippen LogP contribution in [0, 0.1) is 12.7 Å². The first-order valence-electron chi connectivity index (χ1n) is 6.07. The number of para-hydroxylation sites is 1. The summed E-state index contributed by atoms with van der Waals surface area (Å²) in [4.78, 5) is 12.0. The number of halogens is 1. The van der Waals surface area contributed by atoms with Crippen LogP contribution in [0.5, 0.6) is 0 Å². The van der Waals surface area contributed by atoms with Crippen LogP contribution >= 0.6 is 0 Å². The third-order valence-corrected chi connectivity index (χ3v) is 3.29. The fraction of sp³-hybridized carbons (Fsp3) is 0.133. The van der Waals surface area contributed by atoms with Gasteiger partial charge in [-0.25, -0.2) is 4.39 Å². The van der Waals surface area contributed by atoms with E-state index in [1.807, 2.05) is 31.2 Å². The van der Waals surface area contributed by atoms with Crippen LogP contribution < -0.4 is 10.6 Å². The molecule has 1 aliphatic heterocycles. The minimum Gasteiger partial charge on any atom is -0.370 e. The van der Waals surface area contributed by atoms with Gasteiger partial charge in [0.25, 0.3) is 5.91 Å². The number of aryl methyl sites for hydroxylation is 1. The Hall–Kier alpha value is -2.36. The van der Waals surface area contributed by atoms with Crippen LogP contribution in [0.15, 0.2) is 42.5 Å². The van der Waals surface area contributed by atoms with E-state index in [1.165, 1.54) is 12.1 Å². The number of anilines is 2. The lowest BCUT2D eigenvalue weighted by atomic mass is 10.1. The maximum Gasteiger partial charge on any atom is 0.251 e. The van der Waals surface area contributed by atoms with Crippen molar-refractivity contribution in [1.82, 2.24) is 0 Å². The van der Waals surface area contributed by atoms with Gasteiger partial charge in [-0.2, -0.15) is 0 Å². The van der Waals surface area contributed by atoms with Crippen molar-refractivity contribution in [2.24, 2.45) is 0 Å². The number of rotatable bonds is 2. The highest BCUT2D eigenvalue weighted by Gasteiger charge is 2.30. The zero-order valence-corrected chi connectivity index (χ0v) is 10.4. The zero-order valence-electron chi connectivity index (χ0n) is 10.4. The minimum absolute atomic E-state index is 0.163. The number of hydrogen-bond acceptors (Lipinski definition) is 2. The standard InChI is InChI=1S/C15H13FN2O/c1-9-4-2-3-5-12(9)17-14-11-7-6-10(16)8-13(11)18-15(14)19/h2-8,14,17H,1H3,(H,18,19). The van der Waals surface area contributed by atoms with Crippen LogP contribution in [0.3, 0.4) is 0 Å². The summed E-state index contributed by atoms with van der Waals surface area (Å²) in [6, 6.07) is 11.6. The van der Waals surface area contributed by atoms with E-state index in [0.717, 1.165) is 16.8 Å². The third-order valence-electron chi connectivity index (χ3n) is 3.29. The molecule has 2 aromatic carbocycles. The van der Waals surface area contributed by atoms with E-state index in [1.54, 1.807) is 6.07 Å². The summed E-state index contributed by atoms with van der Waals surface area (Å²) >= 11 is 0. The molecule has 1 unspecified atom stereocenters. The average Bonchev–Trinajstić information content (AvgIpc) is 2.68. The zero-order chi connectivity index (χ0) is 13.4. The normalized spacial score (nSPS) is 16.9. The Morgan fingerprint density at radius 3 is 2.79 bits per heavy atom. The number of nitrogens with one attached hydrogen (secondary N) is 2. The summed E-state index contributed by atoms with van der Waals surface area (Å²) in [5.74, 6) is -0.514. The SMILES string of the molecule is Cc1ccccc1NC1C(=O)Nc2cc(F)ccc21. The lowest BCUT2D eigenvalue weighted by Gasteiger charge is -2.14. The fourth-order valence-corrected chi connectivity index (χ4v) is 2.27. The molecule has 96 valence electrons. The highest BCUT2D eigenvalue weighted by Crippen LogP contribution is 2.34. The average molecular weight is 256 g/mol. The van der Waals surface area contributed by atoms with Crippen LogP contribution in [-0.4, -0.2) is 5.91 Å². The van der Waals surface area contributed by atoms with Crippen LogP contribution in [-0.2, 0) is 4.79 Å². The van der Waals surface area contributed by atoms with Crippen molar-refractivity contribution in [3.8, 4) is 0 Å².